The summed E-state index contributed by atoms with van der Waals surface area (Å²) in [6.45, 7) is 2.35. The minimum atomic E-state index is -0.955. The zero-order valence-electron chi connectivity index (χ0n) is 17.7. The quantitative estimate of drug-likeness (QED) is 0.791. The second-order valence-corrected chi connectivity index (χ2v) is 8.97. The Kier molecular flexibility index (Phi) is 4.97. The van der Waals surface area contributed by atoms with Crippen molar-refractivity contribution in [2.45, 2.75) is 37.7 Å². The van der Waals surface area contributed by atoms with Crippen molar-refractivity contribution in [3.05, 3.63) is 53.6 Å². The Hall–Kier alpha value is -2.86. The maximum absolute atomic E-state index is 12.7. The monoisotopic (exact) mass is 421 g/mol. The summed E-state index contributed by atoms with van der Waals surface area (Å²) in [6.07, 6.45) is 3.75. The number of carbonyl (C=O) groups excluding carboxylic acids is 1. The first kappa shape index (κ1) is 20.1. The van der Waals surface area contributed by atoms with E-state index in [1.54, 1.807) is 25.3 Å². The lowest BCUT2D eigenvalue weighted by Crippen LogP contribution is -2.37. The number of rotatable bonds is 5. The van der Waals surface area contributed by atoms with E-state index in [1.165, 1.54) is 5.56 Å². The van der Waals surface area contributed by atoms with Crippen molar-refractivity contribution < 1.29 is 24.2 Å². The molecule has 1 saturated carbocycles. The topological polar surface area (TPSA) is 76.1 Å². The summed E-state index contributed by atoms with van der Waals surface area (Å²) in [7, 11) is 1.59. The molecule has 2 aromatic rings. The van der Waals surface area contributed by atoms with Gasteiger partial charge in [-0.1, -0.05) is 24.3 Å². The second-order valence-electron chi connectivity index (χ2n) is 8.97. The fourth-order valence-corrected chi connectivity index (χ4v) is 5.29. The molecule has 5 rings (SSSR count). The van der Waals surface area contributed by atoms with Crippen molar-refractivity contribution in [3.63, 3.8) is 0 Å². The third kappa shape index (κ3) is 3.59. The maximum atomic E-state index is 12.7. The molecular formula is C25H27NO5. The van der Waals surface area contributed by atoms with Gasteiger partial charge in [0, 0.05) is 25.3 Å². The van der Waals surface area contributed by atoms with Crippen LogP contribution in [0.25, 0.3) is 11.1 Å². The lowest BCUT2D eigenvalue weighted by molar-refractivity contribution is -0.140. The van der Waals surface area contributed by atoms with Crippen molar-refractivity contribution >= 4 is 11.9 Å². The standard InChI is InChI=1S/C25H27NO5/c1-30-21-9-8-18(24(28)29)13-19(21)16-4-6-17(7-5-16)20-14-25(20)10-11-26(15-25)23(27)22-3-2-12-31-22/h4-9,13,20,22H,2-3,10-12,14-15H2,1H3,(H,28,29)/t20-,22-,25-/m1/s1. The number of hydrogen-bond donors (Lipinski definition) is 1. The third-order valence-electron chi connectivity index (χ3n) is 7.16. The van der Waals surface area contributed by atoms with Crippen LogP contribution in [0.15, 0.2) is 42.5 Å². The van der Waals surface area contributed by atoms with Gasteiger partial charge in [0.15, 0.2) is 0 Å². The normalized spacial score (nSPS) is 26.9. The van der Waals surface area contributed by atoms with Crippen LogP contribution in [0.1, 0.15) is 47.5 Å². The number of carboxylic acid groups (broad SMARTS) is 1. The van der Waals surface area contributed by atoms with Crippen LogP contribution in [-0.4, -0.2) is 54.8 Å². The minimum absolute atomic E-state index is 0.167. The largest absolute Gasteiger partial charge is 0.496 e. The molecule has 2 saturated heterocycles. The average Bonchev–Trinajstić information content (AvgIpc) is 3.14. The third-order valence-corrected chi connectivity index (χ3v) is 7.16. The van der Waals surface area contributed by atoms with Gasteiger partial charge in [0.25, 0.3) is 5.91 Å². The molecule has 6 nitrogen and oxygen atoms in total. The Labute approximate surface area is 181 Å². The summed E-state index contributed by atoms with van der Waals surface area (Å²) in [4.78, 5) is 26.1. The number of methoxy groups -OCH3 is 1. The lowest BCUT2D eigenvalue weighted by Gasteiger charge is -2.20. The highest BCUT2D eigenvalue weighted by Crippen LogP contribution is 2.64. The number of ether oxygens (including phenoxy) is 2. The number of nitrogens with zero attached hydrogens (tertiary/aromatic N) is 1. The van der Waals surface area contributed by atoms with E-state index in [9.17, 15) is 14.7 Å². The molecule has 0 unspecified atom stereocenters. The van der Waals surface area contributed by atoms with Gasteiger partial charge in [0.2, 0.25) is 0 Å². The Morgan fingerprint density at radius 3 is 2.68 bits per heavy atom. The van der Waals surface area contributed by atoms with Crippen LogP contribution in [-0.2, 0) is 9.53 Å². The lowest BCUT2D eigenvalue weighted by atomic mass is 9.95. The Bertz CT molecular complexity index is 1010. The zero-order valence-corrected chi connectivity index (χ0v) is 17.7. The first-order chi connectivity index (χ1) is 15.0. The van der Waals surface area contributed by atoms with Gasteiger partial charge < -0.3 is 19.5 Å². The molecule has 0 bridgehead atoms. The highest BCUT2D eigenvalue weighted by molar-refractivity contribution is 5.90. The first-order valence-corrected chi connectivity index (χ1v) is 10.9. The van der Waals surface area contributed by atoms with Crippen molar-refractivity contribution in [1.29, 1.82) is 0 Å². The molecule has 1 N–H and O–H groups in total. The van der Waals surface area contributed by atoms with Gasteiger partial charge in [-0.05, 0) is 66.3 Å². The van der Waals surface area contributed by atoms with E-state index in [0.29, 0.717) is 18.3 Å². The van der Waals surface area contributed by atoms with Crippen LogP contribution >= 0.6 is 0 Å². The summed E-state index contributed by atoms with van der Waals surface area (Å²) in [6, 6.07) is 13.2. The number of carbonyl (C=O) groups is 2. The Morgan fingerprint density at radius 1 is 1.19 bits per heavy atom. The highest BCUT2D eigenvalue weighted by Gasteiger charge is 2.58. The van der Waals surface area contributed by atoms with Crippen molar-refractivity contribution in [2.75, 3.05) is 26.8 Å². The maximum Gasteiger partial charge on any atom is 0.335 e. The fraction of sp³-hybridized carbons (Fsp3) is 0.440. The molecule has 1 spiro atoms. The summed E-state index contributed by atoms with van der Waals surface area (Å²) in [5, 5.41) is 9.32. The van der Waals surface area contributed by atoms with Gasteiger partial charge in [-0.2, -0.15) is 0 Å². The van der Waals surface area contributed by atoms with Crippen LogP contribution in [0.4, 0.5) is 0 Å². The van der Waals surface area contributed by atoms with Crippen molar-refractivity contribution in [1.82, 2.24) is 4.90 Å². The summed E-state index contributed by atoms with van der Waals surface area (Å²) in [5.41, 5.74) is 3.43. The number of carboxylic acids is 1. The van der Waals surface area contributed by atoms with Gasteiger partial charge in [-0.25, -0.2) is 4.79 Å². The molecule has 6 heteroatoms. The van der Waals surface area contributed by atoms with Crippen molar-refractivity contribution in [3.8, 4) is 16.9 Å². The Morgan fingerprint density at radius 2 is 2.00 bits per heavy atom. The van der Waals surface area contributed by atoms with E-state index in [1.807, 2.05) is 17.0 Å². The molecule has 2 heterocycles. The number of benzene rings is 2. The second kappa shape index (κ2) is 7.68. The van der Waals surface area contributed by atoms with E-state index in [2.05, 4.69) is 12.1 Å². The highest BCUT2D eigenvalue weighted by atomic mass is 16.5. The molecule has 2 aromatic carbocycles. The van der Waals surface area contributed by atoms with E-state index < -0.39 is 5.97 Å². The molecule has 2 aliphatic heterocycles. The van der Waals surface area contributed by atoms with Gasteiger partial charge in [0.05, 0.1) is 12.7 Å². The van der Waals surface area contributed by atoms with Crippen LogP contribution < -0.4 is 4.74 Å². The molecule has 0 radical (unpaired) electrons. The summed E-state index contributed by atoms with van der Waals surface area (Å²) < 4.78 is 11.0. The zero-order chi connectivity index (χ0) is 21.6. The average molecular weight is 421 g/mol. The van der Waals surface area contributed by atoms with Crippen LogP contribution in [0, 0.1) is 5.41 Å². The predicted molar refractivity (Wildman–Crippen MR) is 115 cm³/mol. The van der Waals surface area contributed by atoms with Gasteiger partial charge in [0.1, 0.15) is 11.9 Å². The van der Waals surface area contributed by atoms with Crippen LogP contribution in [0.3, 0.4) is 0 Å². The van der Waals surface area contributed by atoms with Gasteiger partial charge in [-0.3, -0.25) is 4.79 Å². The molecule has 31 heavy (non-hydrogen) atoms. The number of hydrogen-bond acceptors (Lipinski definition) is 4. The molecule has 1 amide bonds. The smallest absolute Gasteiger partial charge is 0.335 e. The molecular weight excluding hydrogens is 394 g/mol. The predicted octanol–water partition coefficient (Wildman–Crippen LogP) is 3.95. The molecule has 162 valence electrons. The van der Waals surface area contributed by atoms with Crippen molar-refractivity contribution in [2.24, 2.45) is 5.41 Å². The molecule has 3 atom stereocenters. The Balaban J connectivity index is 1.30. The summed E-state index contributed by atoms with van der Waals surface area (Å²) in [5.74, 6) is 0.334. The molecule has 3 aliphatic rings. The number of likely N-dealkylation sites (tertiary alicyclic amines) is 1. The van der Waals surface area contributed by atoms with Crippen LogP contribution in [0.5, 0.6) is 5.75 Å². The van der Waals surface area contributed by atoms with Gasteiger partial charge in [-0.15, -0.1) is 0 Å². The minimum Gasteiger partial charge on any atom is -0.496 e. The first-order valence-electron chi connectivity index (χ1n) is 10.9. The molecule has 1 aliphatic carbocycles. The molecule has 0 aromatic heterocycles. The van der Waals surface area contributed by atoms with E-state index in [4.69, 9.17) is 9.47 Å². The summed E-state index contributed by atoms with van der Waals surface area (Å²) >= 11 is 0. The van der Waals surface area contributed by atoms with E-state index >= 15 is 0 Å². The fourth-order valence-electron chi connectivity index (χ4n) is 5.29. The number of aromatic carboxylic acids is 1. The van der Waals surface area contributed by atoms with Gasteiger partial charge >= 0.3 is 5.97 Å². The van der Waals surface area contributed by atoms with Crippen LogP contribution in [0.2, 0.25) is 0 Å². The van der Waals surface area contributed by atoms with E-state index in [0.717, 1.165) is 49.9 Å². The van der Waals surface area contributed by atoms with E-state index in [-0.39, 0.29) is 23.0 Å². The SMILES string of the molecule is COc1ccc(C(=O)O)cc1-c1ccc([C@H]2C[C@@]23CCN(C(=O)[C@H]2CCCO2)C3)cc1. The molecule has 3 fully saturated rings. The number of amides is 1.